The summed E-state index contributed by atoms with van der Waals surface area (Å²) >= 11 is 0. The fourth-order valence-electron chi connectivity index (χ4n) is 3.10. The van der Waals surface area contributed by atoms with E-state index in [9.17, 15) is 0 Å². The monoisotopic (exact) mass is 508 g/mol. The first-order valence-electron chi connectivity index (χ1n) is 9.65. The summed E-state index contributed by atoms with van der Waals surface area (Å²) in [6.45, 7) is 9.57. The van der Waals surface area contributed by atoms with Crippen LogP contribution >= 0.6 is 24.0 Å². The second-order valence-corrected chi connectivity index (χ2v) is 6.73. The van der Waals surface area contributed by atoms with Gasteiger partial charge in [-0.3, -0.25) is 4.99 Å². The molecule has 3 aromatic rings. The summed E-state index contributed by atoms with van der Waals surface area (Å²) in [5, 5.41) is 15.1. The molecule has 0 aliphatic rings. The molecule has 3 rings (SSSR count). The van der Waals surface area contributed by atoms with Gasteiger partial charge in [0.2, 0.25) is 0 Å². The predicted molar refractivity (Wildman–Crippen MR) is 126 cm³/mol. The van der Waals surface area contributed by atoms with E-state index in [1.807, 2.05) is 42.9 Å². The summed E-state index contributed by atoms with van der Waals surface area (Å²) in [5.74, 6) is 1.67. The first-order chi connectivity index (χ1) is 13.6. The largest absolute Gasteiger partial charge is 0.361 e. The van der Waals surface area contributed by atoms with Crippen LogP contribution in [0, 0.1) is 13.8 Å². The molecule has 0 amide bonds. The lowest BCUT2D eigenvalue weighted by atomic mass is 10.1. The lowest BCUT2D eigenvalue weighted by Gasteiger charge is -2.19. The zero-order valence-corrected chi connectivity index (χ0v) is 19.7. The van der Waals surface area contributed by atoms with Crippen molar-refractivity contribution in [3.8, 4) is 5.69 Å². The van der Waals surface area contributed by atoms with Crippen LogP contribution in [0.2, 0.25) is 0 Å². The number of nitrogens with one attached hydrogen (secondary N) is 2. The van der Waals surface area contributed by atoms with Crippen LogP contribution in [0.4, 0.5) is 0 Å². The van der Waals surface area contributed by atoms with E-state index in [1.165, 1.54) is 5.56 Å². The van der Waals surface area contributed by atoms with Crippen LogP contribution in [0.15, 0.2) is 52.2 Å². The highest BCUT2D eigenvalue weighted by molar-refractivity contribution is 14.0. The highest BCUT2D eigenvalue weighted by Crippen LogP contribution is 2.17. The van der Waals surface area contributed by atoms with Crippen LogP contribution in [0.3, 0.4) is 0 Å². The van der Waals surface area contributed by atoms with E-state index in [2.05, 4.69) is 46.9 Å². The lowest BCUT2D eigenvalue weighted by Crippen LogP contribution is -2.38. The summed E-state index contributed by atoms with van der Waals surface area (Å²) in [7, 11) is 0. The van der Waals surface area contributed by atoms with Gasteiger partial charge in [0.05, 0.1) is 17.4 Å². The quantitative estimate of drug-likeness (QED) is 0.287. The highest BCUT2D eigenvalue weighted by Gasteiger charge is 2.11. The molecule has 0 saturated carbocycles. The maximum absolute atomic E-state index is 5.23. The summed E-state index contributed by atoms with van der Waals surface area (Å²) in [5.41, 5.74) is 4.29. The van der Waals surface area contributed by atoms with E-state index >= 15 is 0 Å². The van der Waals surface area contributed by atoms with Crippen molar-refractivity contribution in [3.63, 3.8) is 0 Å². The Morgan fingerprint density at radius 2 is 2.10 bits per heavy atom. The van der Waals surface area contributed by atoms with E-state index in [4.69, 9.17) is 9.52 Å². The number of aryl methyl sites for hydroxylation is 2. The molecule has 0 radical (unpaired) electrons. The number of nitrogens with zero attached hydrogens (tertiary/aromatic N) is 4. The van der Waals surface area contributed by atoms with Crippen LogP contribution < -0.4 is 10.6 Å². The van der Waals surface area contributed by atoms with Gasteiger partial charge in [0.25, 0.3) is 0 Å². The smallest absolute Gasteiger partial charge is 0.191 e. The van der Waals surface area contributed by atoms with Crippen LogP contribution in [0.5, 0.6) is 0 Å². The van der Waals surface area contributed by atoms with Crippen LogP contribution in [0.1, 0.15) is 42.5 Å². The molecule has 1 atom stereocenters. The molecule has 2 aromatic heterocycles. The molecule has 8 heteroatoms. The molecule has 0 aliphatic carbocycles. The van der Waals surface area contributed by atoms with E-state index in [-0.39, 0.29) is 30.0 Å². The van der Waals surface area contributed by atoms with Crippen LogP contribution in [0.25, 0.3) is 5.69 Å². The fraction of sp³-hybridized carbons (Fsp3) is 0.381. The Balaban J connectivity index is 0.00000300. The van der Waals surface area contributed by atoms with Gasteiger partial charge in [-0.05, 0) is 57.9 Å². The van der Waals surface area contributed by atoms with Gasteiger partial charge in [0.1, 0.15) is 5.76 Å². The Kier molecular flexibility index (Phi) is 8.69. The maximum Gasteiger partial charge on any atom is 0.191 e. The average molecular weight is 508 g/mol. The zero-order chi connectivity index (χ0) is 19.9. The zero-order valence-electron chi connectivity index (χ0n) is 17.3. The van der Waals surface area contributed by atoms with Crippen molar-refractivity contribution in [1.82, 2.24) is 25.6 Å². The first kappa shape index (κ1) is 22.9. The Bertz CT molecular complexity index is 900. The molecule has 7 nitrogen and oxygen atoms in total. The number of guanidine groups is 1. The van der Waals surface area contributed by atoms with E-state index in [1.54, 1.807) is 6.20 Å². The molecule has 2 heterocycles. The third-order valence-electron chi connectivity index (χ3n) is 4.65. The minimum atomic E-state index is 0. The highest BCUT2D eigenvalue weighted by atomic mass is 127. The van der Waals surface area contributed by atoms with E-state index in [0.29, 0.717) is 6.54 Å². The minimum absolute atomic E-state index is 0. The third kappa shape index (κ3) is 6.06. The molecule has 29 heavy (non-hydrogen) atoms. The van der Waals surface area contributed by atoms with Gasteiger partial charge in [0.15, 0.2) is 5.96 Å². The van der Waals surface area contributed by atoms with Gasteiger partial charge in [-0.1, -0.05) is 17.3 Å². The van der Waals surface area contributed by atoms with Gasteiger partial charge in [-0.2, -0.15) is 5.10 Å². The standard InChI is InChI=1S/C21H28N6O.HI/c1-5-22-21(23-12-10-20-16(3)26-28-17(20)4)25-15(2)18-8-6-9-19(14-18)27-13-7-11-24-27;/h6-9,11,13-15H,5,10,12H2,1-4H3,(H2,22,23,25);1H. The Morgan fingerprint density at radius 3 is 2.76 bits per heavy atom. The maximum atomic E-state index is 5.23. The molecule has 0 spiro atoms. The molecule has 0 bridgehead atoms. The molecule has 1 unspecified atom stereocenters. The molecular weight excluding hydrogens is 479 g/mol. The number of aliphatic imine (C=N–C) groups is 1. The van der Waals surface area contributed by atoms with Gasteiger partial charge in [-0.15, -0.1) is 24.0 Å². The minimum Gasteiger partial charge on any atom is -0.361 e. The van der Waals surface area contributed by atoms with Gasteiger partial charge in [-0.25, -0.2) is 4.68 Å². The van der Waals surface area contributed by atoms with Crippen molar-refractivity contribution in [1.29, 1.82) is 0 Å². The summed E-state index contributed by atoms with van der Waals surface area (Å²) in [6.07, 6.45) is 4.53. The van der Waals surface area contributed by atoms with Crippen molar-refractivity contribution in [2.45, 2.75) is 40.2 Å². The SMILES string of the molecule is CCNC(=NCCc1c(C)noc1C)NC(C)c1cccc(-n2cccn2)c1.I. The van der Waals surface area contributed by atoms with Crippen molar-refractivity contribution < 1.29 is 4.52 Å². The Morgan fingerprint density at radius 1 is 1.28 bits per heavy atom. The number of hydrogen-bond donors (Lipinski definition) is 2. The number of benzene rings is 1. The normalized spacial score (nSPS) is 12.3. The van der Waals surface area contributed by atoms with Crippen molar-refractivity contribution in [3.05, 3.63) is 65.3 Å². The average Bonchev–Trinajstić information content (AvgIpc) is 3.34. The molecular formula is C21H29IN6O. The number of hydrogen-bond acceptors (Lipinski definition) is 4. The number of rotatable bonds is 7. The van der Waals surface area contributed by atoms with Crippen LogP contribution in [-0.2, 0) is 6.42 Å². The summed E-state index contributed by atoms with van der Waals surface area (Å²) in [4.78, 5) is 4.72. The summed E-state index contributed by atoms with van der Waals surface area (Å²) < 4.78 is 7.09. The van der Waals surface area contributed by atoms with Crippen molar-refractivity contribution in [2.24, 2.45) is 4.99 Å². The molecule has 2 N–H and O–H groups in total. The second kappa shape index (κ2) is 11.0. The second-order valence-electron chi connectivity index (χ2n) is 6.73. The summed E-state index contributed by atoms with van der Waals surface area (Å²) in [6, 6.07) is 10.4. The van der Waals surface area contributed by atoms with Gasteiger partial charge < -0.3 is 15.2 Å². The molecule has 156 valence electrons. The van der Waals surface area contributed by atoms with Gasteiger partial charge in [0, 0.05) is 31.0 Å². The van der Waals surface area contributed by atoms with Crippen LogP contribution in [-0.4, -0.2) is 34.0 Å². The molecule has 0 saturated heterocycles. The number of aromatic nitrogens is 3. The van der Waals surface area contributed by atoms with Crippen molar-refractivity contribution in [2.75, 3.05) is 13.1 Å². The fourth-order valence-corrected chi connectivity index (χ4v) is 3.10. The van der Waals surface area contributed by atoms with Crippen molar-refractivity contribution >= 4 is 29.9 Å². The Hall–Kier alpha value is -2.36. The third-order valence-corrected chi connectivity index (χ3v) is 4.65. The molecule has 0 aliphatic heterocycles. The first-order valence-corrected chi connectivity index (χ1v) is 9.65. The topological polar surface area (TPSA) is 80.3 Å². The van der Waals surface area contributed by atoms with Gasteiger partial charge >= 0.3 is 0 Å². The molecule has 0 fully saturated rings. The lowest BCUT2D eigenvalue weighted by molar-refractivity contribution is 0.392. The molecule has 1 aromatic carbocycles. The number of halogens is 1. The predicted octanol–water partition coefficient (Wildman–Crippen LogP) is 3.95. The van der Waals surface area contributed by atoms with E-state index < -0.39 is 0 Å². The Labute approximate surface area is 189 Å². The van der Waals surface area contributed by atoms with E-state index in [0.717, 1.165) is 41.6 Å².